The molecule has 0 amide bonds. The number of hydrogen-bond donors (Lipinski definition) is 1. The molecule has 0 aromatic heterocycles. The molecular weight excluding hydrogens is 138 g/mol. The predicted octanol–water partition coefficient (Wildman–Crippen LogP) is 1.41. The van der Waals surface area contributed by atoms with E-state index in [1.54, 1.807) is 0 Å². The van der Waals surface area contributed by atoms with E-state index in [0.717, 1.165) is 13.2 Å². The lowest BCUT2D eigenvalue weighted by atomic mass is 9.75. The molecule has 0 aromatic rings. The molecule has 0 saturated carbocycles. The summed E-state index contributed by atoms with van der Waals surface area (Å²) in [6.45, 7) is 8.44. The van der Waals surface area contributed by atoms with Crippen molar-refractivity contribution in [2.45, 2.75) is 26.7 Å². The Bertz CT molecular complexity index is 102. The Labute approximate surface area is 69.3 Å². The van der Waals surface area contributed by atoms with Crippen LogP contribution in [-0.2, 0) is 4.74 Å². The molecule has 11 heavy (non-hydrogen) atoms. The van der Waals surface area contributed by atoms with Crippen LogP contribution in [-0.4, -0.2) is 26.3 Å². The third kappa shape index (κ3) is 1.94. The molecule has 2 fully saturated rings. The summed E-state index contributed by atoms with van der Waals surface area (Å²) in [7, 11) is 0. The summed E-state index contributed by atoms with van der Waals surface area (Å²) >= 11 is 0. The second kappa shape index (κ2) is 4.07. The van der Waals surface area contributed by atoms with Crippen molar-refractivity contribution >= 4 is 0 Å². The van der Waals surface area contributed by atoms with E-state index in [9.17, 15) is 0 Å². The van der Waals surface area contributed by atoms with Crippen molar-refractivity contribution in [2.24, 2.45) is 5.41 Å². The Morgan fingerprint density at radius 3 is 1.91 bits per heavy atom. The number of ether oxygens (including phenoxy) is 1. The van der Waals surface area contributed by atoms with Gasteiger partial charge in [0.25, 0.3) is 0 Å². The van der Waals surface area contributed by atoms with E-state index in [0.29, 0.717) is 5.41 Å². The molecule has 2 heteroatoms. The quantitative estimate of drug-likeness (QED) is 0.574. The second-order valence-corrected chi connectivity index (χ2v) is 3.22. The molecule has 2 aliphatic heterocycles. The number of hydrogen-bond acceptors (Lipinski definition) is 2. The summed E-state index contributed by atoms with van der Waals surface area (Å²) in [5, 5.41) is 3.32. The van der Waals surface area contributed by atoms with Gasteiger partial charge in [-0.3, -0.25) is 0 Å². The minimum absolute atomic E-state index is 0.665. The largest absolute Gasteiger partial charge is 0.381 e. The average molecular weight is 157 g/mol. The Hall–Kier alpha value is -0.0800. The van der Waals surface area contributed by atoms with Crippen LogP contribution < -0.4 is 5.32 Å². The maximum absolute atomic E-state index is 5.27. The molecule has 2 rings (SSSR count). The minimum Gasteiger partial charge on any atom is -0.381 e. The van der Waals surface area contributed by atoms with Gasteiger partial charge in [-0.25, -0.2) is 0 Å². The fraction of sp³-hybridized carbons (Fsp3) is 1.00. The summed E-state index contributed by atoms with van der Waals surface area (Å²) in [6.07, 6.45) is 2.56. The van der Waals surface area contributed by atoms with Gasteiger partial charge in [-0.2, -0.15) is 0 Å². The summed E-state index contributed by atoms with van der Waals surface area (Å²) < 4.78 is 5.27. The molecule has 2 nitrogen and oxygen atoms in total. The van der Waals surface area contributed by atoms with Gasteiger partial charge in [-0.05, 0) is 18.3 Å². The molecule has 2 aliphatic rings. The highest BCUT2D eigenvalue weighted by molar-refractivity contribution is 4.93. The highest BCUT2D eigenvalue weighted by Gasteiger charge is 2.37. The van der Waals surface area contributed by atoms with Gasteiger partial charge >= 0.3 is 0 Å². The Balaban J connectivity index is 0.000000281. The van der Waals surface area contributed by atoms with Crippen LogP contribution in [0.1, 0.15) is 26.7 Å². The molecular formula is C9H19NO. The molecule has 2 saturated heterocycles. The molecule has 0 aromatic carbocycles. The van der Waals surface area contributed by atoms with Crippen LogP contribution in [0.15, 0.2) is 0 Å². The molecule has 0 unspecified atom stereocenters. The van der Waals surface area contributed by atoms with Crippen LogP contribution in [0.5, 0.6) is 0 Å². The lowest BCUT2D eigenvalue weighted by molar-refractivity contribution is -0.0130. The minimum atomic E-state index is 0.665. The van der Waals surface area contributed by atoms with E-state index in [2.05, 4.69) is 5.32 Å². The van der Waals surface area contributed by atoms with E-state index >= 15 is 0 Å². The zero-order valence-corrected chi connectivity index (χ0v) is 7.65. The first-order valence-electron chi connectivity index (χ1n) is 4.70. The van der Waals surface area contributed by atoms with Gasteiger partial charge in [-0.1, -0.05) is 13.8 Å². The normalized spacial score (nSPS) is 26.7. The first kappa shape index (κ1) is 9.01. The molecule has 66 valence electrons. The van der Waals surface area contributed by atoms with Crippen molar-refractivity contribution < 1.29 is 4.74 Å². The Morgan fingerprint density at radius 1 is 1.09 bits per heavy atom. The van der Waals surface area contributed by atoms with E-state index < -0.39 is 0 Å². The van der Waals surface area contributed by atoms with Gasteiger partial charge < -0.3 is 10.1 Å². The molecule has 0 atom stereocenters. The van der Waals surface area contributed by atoms with Gasteiger partial charge in [0.05, 0.1) is 0 Å². The van der Waals surface area contributed by atoms with Gasteiger partial charge in [-0.15, -0.1) is 0 Å². The van der Waals surface area contributed by atoms with Crippen LogP contribution in [0.25, 0.3) is 0 Å². The molecule has 2 heterocycles. The van der Waals surface area contributed by atoms with E-state index in [-0.39, 0.29) is 0 Å². The van der Waals surface area contributed by atoms with Crippen LogP contribution in [0, 0.1) is 5.41 Å². The summed E-state index contributed by atoms with van der Waals surface area (Å²) in [5.41, 5.74) is 0.665. The van der Waals surface area contributed by atoms with Crippen LogP contribution in [0.3, 0.4) is 0 Å². The average Bonchev–Trinajstić information content (AvgIpc) is 2.07. The number of nitrogens with one attached hydrogen (secondary N) is 1. The van der Waals surface area contributed by atoms with Gasteiger partial charge in [0.1, 0.15) is 0 Å². The second-order valence-electron chi connectivity index (χ2n) is 3.22. The van der Waals surface area contributed by atoms with E-state index in [4.69, 9.17) is 4.74 Å². The first-order valence-corrected chi connectivity index (χ1v) is 4.70. The highest BCUT2D eigenvalue weighted by Crippen LogP contribution is 2.33. The maximum Gasteiger partial charge on any atom is 0.0472 e. The lowest BCUT2D eigenvalue weighted by Gasteiger charge is -2.45. The van der Waals surface area contributed by atoms with Crippen molar-refractivity contribution in [3.63, 3.8) is 0 Å². The van der Waals surface area contributed by atoms with Crippen molar-refractivity contribution in [1.29, 1.82) is 0 Å². The van der Waals surface area contributed by atoms with Crippen molar-refractivity contribution in [2.75, 3.05) is 26.3 Å². The third-order valence-electron chi connectivity index (χ3n) is 2.55. The van der Waals surface area contributed by atoms with Gasteiger partial charge in [0.15, 0.2) is 0 Å². The maximum atomic E-state index is 5.27. The predicted molar refractivity (Wildman–Crippen MR) is 46.7 cm³/mol. The van der Waals surface area contributed by atoms with Crippen molar-refractivity contribution in [1.82, 2.24) is 5.32 Å². The molecule has 0 bridgehead atoms. The zero-order valence-electron chi connectivity index (χ0n) is 7.65. The Kier molecular flexibility index (Phi) is 3.34. The molecule has 0 radical (unpaired) electrons. The van der Waals surface area contributed by atoms with Crippen LogP contribution in [0.2, 0.25) is 0 Å². The standard InChI is InChI=1S/C7H13NO.C2H6/c1-3-9-4-2-7(1)5-8-6-7;1-2/h8H,1-6H2;1-2H3. The lowest BCUT2D eigenvalue weighted by Crippen LogP contribution is -2.55. The fourth-order valence-electron chi connectivity index (χ4n) is 1.64. The number of rotatable bonds is 0. The van der Waals surface area contributed by atoms with Gasteiger partial charge in [0, 0.05) is 26.3 Å². The summed E-state index contributed by atoms with van der Waals surface area (Å²) in [4.78, 5) is 0. The van der Waals surface area contributed by atoms with Crippen LogP contribution in [0.4, 0.5) is 0 Å². The van der Waals surface area contributed by atoms with E-state index in [1.165, 1.54) is 25.9 Å². The van der Waals surface area contributed by atoms with Crippen molar-refractivity contribution in [3.05, 3.63) is 0 Å². The fourth-order valence-corrected chi connectivity index (χ4v) is 1.64. The highest BCUT2D eigenvalue weighted by atomic mass is 16.5. The first-order chi connectivity index (χ1) is 5.41. The van der Waals surface area contributed by atoms with Crippen LogP contribution >= 0.6 is 0 Å². The topological polar surface area (TPSA) is 21.3 Å². The van der Waals surface area contributed by atoms with Gasteiger partial charge in [0.2, 0.25) is 0 Å². The molecule has 1 spiro atoms. The third-order valence-corrected chi connectivity index (χ3v) is 2.55. The molecule has 1 N–H and O–H groups in total. The van der Waals surface area contributed by atoms with Crippen molar-refractivity contribution in [3.8, 4) is 0 Å². The smallest absolute Gasteiger partial charge is 0.0472 e. The monoisotopic (exact) mass is 157 g/mol. The van der Waals surface area contributed by atoms with E-state index in [1.807, 2.05) is 13.8 Å². The summed E-state index contributed by atoms with van der Waals surface area (Å²) in [5.74, 6) is 0. The Morgan fingerprint density at radius 2 is 1.64 bits per heavy atom. The molecule has 0 aliphatic carbocycles. The zero-order chi connectivity index (χ0) is 8.16. The SMILES string of the molecule is C1CC2(CCO1)CNC2.CC. The summed E-state index contributed by atoms with van der Waals surface area (Å²) in [6, 6.07) is 0.